The van der Waals surface area contributed by atoms with Crippen molar-refractivity contribution in [2.24, 2.45) is 5.92 Å². The van der Waals surface area contributed by atoms with Gasteiger partial charge in [-0.2, -0.15) is 13.9 Å². The number of nitrogens with one attached hydrogen (secondary N) is 1. The van der Waals surface area contributed by atoms with Crippen LogP contribution in [0.15, 0.2) is 36.7 Å². The van der Waals surface area contributed by atoms with Gasteiger partial charge in [0.05, 0.1) is 12.4 Å². The minimum absolute atomic E-state index is 0.0576. The summed E-state index contributed by atoms with van der Waals surface area (Å²) in [5.41, 5.74) is 0.376. The number of amides is 1. The predicted molar refractivity (Wildman–Crippen MR) is 115 cm³/mol. The summed E-state index contributed by atoms with van der Waals surface area (Å²) < 4.78 is 34.6. The van der Waals surface area contributed by atoms with Crippen molar-refractivity contribution in [3.8, 4) is 5.75 Å². The van der Waals surface area contributed by atoms with Gasteiger partial charge in [-0.1, -0.05) is 23.5 Å². The molecule has 13 heteroatoms. The fraction of sp³-hybridized carbons (Fsp3) is 0.400. The van der Waals surface area contributed by atoms with Crippen molar-refractivity contribution in [1.82, 2.24) is 25.4 Å². The Kier molecular flexibility index (Phi) is 7.29. The first kappa shape index (κ1) is 22.9. The van der Waals surface area contributed by atoms with Crippen LogP contribution in [0.2, 0.25) is 0 Å². The number of nitrogens with zero attached hydrogens (tertiary/aromatic N) is 6. The van der Waals surface area contributed by atoms with E-state index in [9.17, 15) is 13.6 Å². The van der Waals surface area contributed by atoms with Crippen LogP contribution in [0.1, 0.15) is 23.1 Å². The van der Waals surface area contributed by atoms with E-state index in [-0.39, 0.29) is 5.75 Å². The number of methoxy groups -OCH3 is 1. The highest BCUT2D eigenvalue weighted by Gasteiger charge is 2.27. The maximum atomic E-state index is 12.7. The molecule has 1 aliphatic heterocycles. The van der Waals surface area contributed by atoms with E-state index >= 15 is 0 Å². The van der Waals surface area contributed by atoms with Crippen molar-refractivity contribution in [1.29, 1.82) is 0 Å². The lowest BCUT2D eigenvalue weighted by Gasteiger charge is -2.15. The summed E-state index contributed by atoms with van der Waals surface area (Å²) >= 11 is 1.28. The monoisotopic (exact) mass is 477 g/mol. The quantitative estimate of drug-likeness (QED) is 0.497. The van der Waals surface area contributed by atoms with Gasteiger partial charge in [0, 0.05) is 26.6 Å². The molecule has 10 nitrogen and oxygen atoms in total. The summed E-state index contributed by atoms with van der Waals surface area (Å²) in [7, 11) is 1.36. The zero-order chi connectivity index (χ0) is 23.2. The number of rotatable bonds is 9. The van der Waals surface area contributed by atoms with Gasteiger partial charge in [0.15, 0.2) is 6.10 Å². The Balaban J connectivity index is 1.34. The van der Waals surface area contributed by atoms with Crippen LogP contribution >= 0.6 is 11.3 Å². The lowest BCUT2D eigenvalue weighted by Crippen LogP contribution is -2.22. The van der Waals surface area contributed by atoms with Crippen LogP contribution in [0.4, 0.5) is 19.9 Å². The molecule has 1 aliphatic rings. The number of alkyl halides is 2. The molecule has 174 valence electrons. The molecule has 0 saturated carbocycles. The average Bonchev–Trinajstić information content (AvgIpc) is 3.44. The summed E-state index contributed by atoms with van der Waals surface area (Å²) in [4.78, 5) is 19.0. The molecule has 3 aromatic rings. The average molecular weight is 477 g/mol. The number of halogens is 2. The molecule has 1 N–H and O–H groups in total. The van der Waals surface area contributed by atoms with Gasteiger partial charge in [-0.05, 0) is 30.0 Å². The zero-order valence-electron chi connectivity index (χ0n) is 17.6. The smallest absolute Gasteiger partial charge is 0.387 e. The second-order valence-electron chi connectivity index (χ2n) is 7.30. The minimum atomic E-state index is -2.96. The molecule has 0 bridgehead atoms. The summed E-state index contributed by atoms with van der Waals surface area (Å²) in [6.45, 7) is -1.34. The Hall–Kier alpha value is -3.32. The number of aromatic nitrogens is 5. The SMILES string of the molecule is CO[C@@H](C(=O)Nc1nnc(C[C@@H]2CCN(c3nccnn3)C2)s1)c1cccc(OC(F)F)c1. The molecule has 1 saturated heterocycles. The number of benzene rings is 1. The van der Waals surface area contributed by atoms with Crippen LogP contribution in [-0.4, -0.2) is 58.1 Å². The number of carbonyl (C=O) groups excluding carboxylic acids is 1. The first-order valence-corrected chi connectivity index (χ1v) is 10.9. The molecule has 2 atom stereocenters. The second kappa shape index (κ2) is 10.5. The van der Waals surface area contributed by atoms with Gasteiger partial charge in [0.1, 0.15) is 10.8 Å². The number of hydrogen-bond donors (Lipinski definition) is 1. The highest BCUT2D eigenvalue weighted by molar-refractivity contribution is 7.15. The van der Waals surface area contributed by atoms with Crippen molar-refractivity contribution in [3.05, 3.63) is 47.2 Å². The molecule has 0 aliphatic carbocycles. The van der Waals surface area contributed by atoms with Crippen molar-refractivity contribution in [3.63, 3.8) is 0 Å². The zero-order valence-corrected chi connectivity index (χ0v) is 18.4. The number of carbonyl (C=O) groups is 1. The van der Waals surface area contributed by atoms with E-state index in [2.05, 4.69) is 40.3 Å². The molecule has 33 heavy (non-hydrogen) atoms. The van der Waals surface area contributed by atoms with Crippen molar-refractivity contribution < 1.29 is 23.0 Å². The standard InChI is InChI=1S/C20H21F2N7O3S/c1-31-16(13-3-2-4-14(10-13)32-18(21)22)17(30)25-20-28-26-15(33-20)9-12-5-8-29(11-12)19-23-6-7-24-27-19/h2-4,6-7,10,12,16,18H,5,8-9,11H2,1H3,(H,25,28,30)/t12-,16+/m0/s1. The van der Waals surface area contributed by atoms with E-state index in [1.54, 1.807) is 12.3 Å². The maximum Gasteiger partial charge on any atom is 0.387 e. The van der Waals surface area contributed by atoms with Gasteiger partial charge in [0.2, 0.25) is 11.1 Å². The van der Waals surface area contributed by atoms with Crippen molar-refractivity contribution in [2.45, 2.75) is 25.6 Å². The second-order valence-corrected chi connectivity index (χ2v) is 8.37. The van der Waals surface area contributed by atoms with Crippen LogP contribution in [0.5, 0.6) is 5.75 Å². The lowest BCUT2D eigenvalue weighted by molar-refractivity contribution is -0.126. The molecule has 0 radical (unpaired) electrons. The molecule has 3 heterocycles. The van der Waals surface area contributed by atoms with Gasteiger partial charge in [-0.15, -0.1) is 15.3 Å². The van der Waals surface area contributed by atoms with Crippen LogP contribution in [-0.2, 0) is 16.0 Å². The molecule has 0 spiro atoms. The summed E-state index contributed by atoms with van der Waals surface area (Å²) in [5.74, 6) is 0.418. The van der Waals surface area contributed by atoms with E-state index in [0.29, 0.717) is 29.0 Å². The highest BCUT2D eigenvalue weighted by atomic mass is 32.1. The Morgan fingerprint density at radius 2 is 2.18 bits per heavy atom. The van der Waals surface area contributed by atoms with Gasteiger partial charge in [-0.25, -0.2) is 4.98 Å². The van der Waals surface area contributed by atoms with E-state index in [1.165, 1.54) is 42.8 Å². The Morgan fingerprint density at radius 1 is 1.30 bits per heavy atom. The van der Waals surface area contributed by atoms with E-state index in [4.69, 9.17) is 4.74 Å². The summed E-state index contributed by atoms with van der Waals surface area (Å²) in [5, 5.41) is 20.0. The van der Waals surface area contributed by atoms with Crippen LogP contribution in [0.25, 0.3) is 0 Å². The molecule has 1 amide bonds. The highest BCUT2D eigenvalue weighted by Crippen LogP contribution is 2.28. The van der Waals surface area contributed by atoms with Gasteiger partial charge >= 0.3 is 6.61 Å². The Bertz CT molecular complexity index is 1070. The fourth-order valence-electron chi connectivity index (χ4n) is 3.62. The lowest BCUT2D eigenvalue weighted by atomic mass is 10.1. The third kappa shape index (κ3) is 5.93. The fourth-order valence-corrected chi connectivity index (χ4v) is 4.48. The molecule has 4 rings (SSSR count). The van der Waals surface area contributed by atoms with Gasteiger partial charge < -0.3 is 14.4 Å². The van der Waals surface area contributed by atoms with Gasteiger partial charge in [0.25, 0.3) is 5.91 Å². The van der Waals surface area contributed by atoms with Gasteiger partial charge in [-0.3, -0.25) is 10.1 Å². The molecule has 0 unspecified atom stereocenters. The number of anilines is 2. The summed E-state index contributed by atoms with van der Waals surface area (Å²) in [6, 6.07) is 5.82. The Morgan fingerprint density at radius 3 is 2.94 bits per heavy atom. The summed E-state index contributed by atoms with van der Waals surface area (Å²) in [6.07, 6.45) is 3.80. The van der Waals surface area contributed by atoms with E-state index in [0.717, 1.165) is 24.5 Å². The molecule has 1 fully saturated rings. The Labute approximate surface area is 192 Å². The molecular weight excluding hydrogens is 456 g/mol. The maximum absolute atomic E-state index is 12.7. The van der Waals surface area contributed by atoms with E-state index < -0.39 is 18.6 Å². The van der Waals surface area contributed by atoms with Crippen molar-refractivity contribution >= 4 is 28.3 Å². The topological polar surface area (TPSA) is 115 Å². The van der Waals surface area contributed by atoms with Crippen LogP contribution in [0, 0.1) is 5.92 Å². The first-order valence-electron chi connectivity index (χ1n) is 10.1. The first-order chi connectivity index (χ1) is 16.0. The third-order valence-corrected chi connectivity index (χ3v) is 5.92. The predicted octanol–water partition coefficient (Wildman–Crippen LogP) is 2.72. The van der Waals surface area contributed by atoms with Crippen LogP contribution < -0.4 is 15.0 Å². The normalized spacial score (nSPS) is 16.7. The number of hydrogen-bond acceptors (Lipinski definition) is 10. The molecule has 2 aromatic heterocycles. The number of ether oxygens (including phenoxy) is 2. The van der Waals surface area contributed by atoms with Crippen LogP contribution in [0.3, 0.4) is 0 Å². The van der Waals surface area contributed by atoms with E-state index in [1.807, 2.05) is 0 Å². The third-order valence-electron chi connectivity index (χ3n) is 5.06. The molecular formula is C20H21F2N7O3S. The molecule has 1 aromatic carbocycles. The minimum Gasteiger partial charge on any atom is -0.435 e. The van der Waals surface area contributed by atoms with Crippen molar-refractivity contribution in [2.75, 3.05) is 30.4 Å². The largest absolute Gasteiger partial charge is 0.435 e.